The van der Waals surface area contributed by atoms with Crippen molar-refractivity contribution >= 4 is 16.7 Å². The van der Waals surface area contributed by atoms with Gasteiger partial charge in [0.1, 0.15) is 35.7 Å². The summed E-state index contributed by atoms with van der Waals surface area (Å²) in [6.45, 7) is 0.209. The lowest BCUT2D eigenvalue weighted by Crippen LogP contribution is -2.31. The molecule has 7 heteroatoms. The number of furan rings is 1. The van der Waals surface area contributed by atoms with E-state index in [-0.39, 0.29) is 18.3 Å². The molecule has 1 N–H and O–H groups in total. The Morgan fingerprint density at radius 1 is 1.03 bits per heavy atom. The van der Waals surface area contributed by atoms with Crippen molar-refractivity contribution in [3.05, 3.63) is 114 Å². The van der Waals surface area contributed by atoms with E-state index in [9.17, 15) is 4.79 Å². The molecule has 35 heavy (non-hydrogen) atoms. The van der Waals surface area contributed by atoms with Crippen LogP contribution in [0.2, 0.25) is 0 Å². The zero-order chi connectivity index (χ0) is 24.2. The highest BCUT2D eigenvalue weighted by molar-refractivity contribution is 5.92. The second-order valence-electron chi connectivity index (χ2n) is 8.11. The Balaban J connectivity index is 1.32. The molecule has 176 valence electrons. The van der Waals surface area contributed by atoms with Gasteiger partial charge in [0.15, 0.2) is 5.76 Å². The summed E-state index contributed by atoms with van der Waals surface area (Å²) < 4.78 is 19.1. The van der Waals surface area contributed by atoms with Crippen LogP contribution in [0.15, 0.2) is 95.7 Å². The summed E-state index contributed by atoms with van der Waals surface area (Å²) in [6.07, 6.45) is 3.53. The molecule has 0 saturated heterocycles. The molecule has 0 radical (unpaired) electrons. The van der Waals surface area contributed by atoms with Crippen molar-refractivity contribution in [3.8, 4) is 11.5 Å². The number of amides is 1. The highest BCUT2D eigenvalue weighted by atomic mass is 16.5. The third-order valence-corrected chi connectivity index (χ3v) is 5.83. The maximum atomic E-state index is 13.1. The van der Waals surface area contributed by atoms with Crippen LogP contribution in [0.1, 0.15) is 33.7 Å². The standard InChI is InChI=1S/C28H25N3O4/c1-31-16-15-29-27(31)26(23-9-5-6-10-24(23)33-2)30-28(32)25-14-13-22(35-25)18-34-21-12-11-19-7-3-4-8-20(19)17-21/h3-17,26H,18H2,1-2H3,(H,30,32). The molecule has 0 bridgehead atoms. The van der Waals surface area contributed by atoms with Crippen molar-refractivity contribution in [2.24, 2.45) is 7.05 Å². The van der Waals surface area contributed by atoms with Gasteiger partial charge in [0.05, 0.1) is 7.11 Å². The molecule has 1 unspecified atom stereocenters. The number of nitrogens with zero attached hydrogens (tertiary/aromatic N) is 2. The number of ether oxygens (including phenoxy) is 2. The van der Waals surface area contributed by atoms with Gasteiger partial charge in [-0.3, -0.25) is 4.79 Å². The topological polar surface area (TPSA) is 78.5 Å². The molecule has 5 rings (SSSR count). The van der Waals surface area contributed by atoms with Crippen LogP contribution in [0.3, 0.4) is 0 Å². The average Bonchev–Trinajstić information content (AvgIpc) is 3.55. The Bertz CT molecular complexity index is 1470. The molecule has 0 fully saturated rings. The number of hydrogen-bond acceptors (Lipinski definition) is 5. The fourth-order valence-corrected chi connectivity index (χ4v) is 4.03. The first-order valence-electron chi connectivity index (χ1n) is 11.2. The van der Waals surface area contributed by atoms with Crippen molar-refractivity contribution in [1.29, 1.82) is 0 Å². The molecule has 0 aliphatic rings. The highest BCUT2D eigenvalue weighted by Crippen LogP contribution is 2.29. The lowest BCUT2D eigenvalue weighted by atomic mass is 10.0. The number of benzene rings is 3. The third kappa shape index (κ3) is 4.75. The van der Waals surface area contributed by atoms with E-state index in [1.807, 2.05) is 78.5 Å². The number of para-hydroxylation sites is 1. The van der Waals surface area contributed by atoms with Gasteiger partial charge >= 0.3 is 0 Å². The van der Waals surface area contributed by atoms with Crippen LogP contribution in [0, 0.1) is 0 Å². The minimum Gasteiger partial charge on any atom is -0.496 e. The number of carbonyl (C=O) groups excluding carboxylic acids is 1. The number of nitrogens with one attached hydrogen (secondary N) is 1. The first-order chi connectivity index (χ1) is 17.1. The number of imidazole rings is 1. The van der Waals surface area contributed by atoms with Gasteiger partial charge in [-0.2, -0.15) is 0 Å². The summed E-state index contributed by atoms with van der Waals surface area (Å²) in [4.78, 5) is 17.6. The number of methoxy groups -OCH3 is 1. The Hall–Kier alpha value is -4.52. The fraction of sp³-hybridized carbons (Fsp3) is 0.143. The Morgan fingerprint density at radius 2 is 1.83 bits per heavy atom. The van der Waals surface area contributed by atoms with Crippen LogP contribution in [0.25, 0.3) is 10.8 Å². The smallest absolute Gasteiger partial charge is 0.287 e. The van der Waals surface area contributed by atoms with E-state index in [1.54, 1.807) is 25.4 Å². The molecule has 7 nitrogen and oxygen atoms in total. The summed E-state index contributed by atoms with van der Waals surface area (Å²) >= 11 is 0. The van der Waals surface area contributed by atoms with E-state index in [0.29, 0.717) is 17.3 Å². The highest BCUT2D eigenvalue weighted by Gasteiger charge is 2.25. The molecular weight excluding hydrogens is 442 g/mol. The van der Waals surface area contributed by atoms with Gasteiger partial charge < -0.3 is 23.8 Å². The number of carbonyl (C=O) groups is 1. The van der Waals surface area contributed by atoms with Gasteiger partial charge in [0.25, 0.3) is 5.91 Å². The molecule has 0 aliphatic carbocycles. The second kappa shape index (κ2) is 9.77. The van der Waals surface area contributed by atoms with Crippen LogP contribution in [0.4, 0.5) is 0 Å². The number of fused-ring (bicyclic) bond motifs is 1. The minimum absolute atomic E-state index is 0.191. The van der Waals surface area contributed by atoms with Crippen LogP contribution in [0.5, 0.6) is 11.5 Å². The van der Waals surface area contributed by atoms with Crippen LogP contribution >= 0.6 is 0 Å². The van der Waals surface area contributed by atoms with Crippen molar-refractivity contribution < 1.29 is 18.7 Å². The molecule has 3 aromatic carbocycles. The summed E-state index contributed by atoms with van der Waals surface area (Å²) in [5.41, 5.74) is 0.795. The van der Waals surface area contributed by atoms with E-state index < -0.39 is 6.04 Å². The monoisotopic (exact) mass is 467 g/mol. The van der Waals surface area contributed by atoms with Gasteiger partial charge in [-0.05, 0) is 41.1 Å². The van der Waals surface area contributed by atoms with Crippen molar-refractivity contribution in [2.75, 3.05) is 7.11 Å². The van der Waals surface area contributed by atoms with Crippen LogP contribution in [-0.4, -0.2) is 22.6 Å². The number of aryl methyl sites for hydroxylation is 1. The molecule has 2 heterocycles. The minimum atomic E-state index is -0.527. The summed E-state index contributed by atoms with van der Waals surface area (Å²) in [7, 11) is 3.48. The Kier molecular flexibility index (Phi) is 6.22. The predicted octanol–water partition coefficient (Wildman–Crippen LogP) is 5.27. The molecule has 0 spiro atoms. The van der Waals surface area contributed by atoms with Crippen molar-refractivity contribution in [3.63, 3.8) is 0 Å². The SMILES string of the molecule is COc1ccccc1C(NC(=O)c1ccc(COc2ccc3ccccc3c2)o1)c1nccn1C. The van der Waals surface area contributed by atoms with E-state index in [2.05, 4.69) is 16.4 Å². The molecular formula is C28H25N3O4. The van der Waals surface area contributed by atoms with E-state index in [0.717, 1.165) is 22.1 Å². The summed E-state index contributed by atoms with van der Waals surface area (Å²) in [5.74, 6) is 2.45. The van der Waals surface area contributed by atoms with E-state index in [1.165, 1.54) is 0 Å². The molecule has 1 amide bonds. The van der Waals surface area contributed by atoms with Crippen molar-refractivity contribution in [2.45, 2.75) is 12.6 Å². The second-order valence-corrected chi connectivity index (χ2v) is 8.11. The normalized spacial score (nSPS) is 11.8. The number of hydrogen-bond donors (Lipinski definition) is 1. The zero-order valence-electron chi connectivity index (χ0n) is 19.5. The lowest BCUT2D eigenvalue weighted by Gasteiger charge is -2.20. The van der Waals surface area contributed by atoms with Crippen molar-refractivity contribution in [1.82, 2.24) is 14.9 Å². The Labute approximate surface area is 202 Å². The first-order valence-corrected chi connectivity index (χ1v) is 11.2. The molecule has 1 atom stereocenters. The van der Waals surface area contributed by atoms with Gasteiger partial charge in [-0.25, -0.2) is 4.98 Å². The molecule has 0 aliphatic heterocycles. The maximum absolute atomic E-state index is 13.1. The fourth-order valence-electron chi connectivity index (χ4n) is 4.03. The van der Waals surface area contributed by atoms with E-state index in [4.69, 9.17) is 13.9 Å². The molecule has 2 aromatic heterocycles. The average molecular weight is 468 g/mol. The third-order valence-electron chi connectivity index (χ3n) is 5.83. The lowest BCUT2D eigenvalue weighted by molar-refractivity contribution is 0.0908. The zero-order valence-corrected chi connectivity index (χ0v) is 19.5. The van der Waals surface area contributed by atoms with Gasteiger partial charge in [0, 0.05) is 25.0 Å². The first kappa shape index (κ1) is 22.3. The van der Waals surface area contributed by atoms with E-state index >= 15 is 0 Å². The summed E-state index contributed by atoms with van der Waals surface area (Å²) in [6, 6.07) is 24.4. The van der Waals surface area contributed by atoms with Gasteiger partial charge in [-0.1, -0.05) is 48.5 Å². The van der Waals surface area contributed by atoms with Crippen LogP contribution in [-0.2, 0) is 13.7 Å². The van der Waals surface area contributed by atoms with Gasteiger partial charge in [0.2, 0.25) is 0 Å². The number of aromatic nitrogens is 2. The van der Waals surface area contributed by atoms with Crippen LogP contribution < -0.4 is 14.8 Å². The molecule has 0 saturated carbocycles. The summed E-state index contributed by atoms with van der Waals surface area (Å²) in [5, 5.41) is 5.28. The predicted molar refractivity (Wildman–Crippen MR) is 132 cm³/mol. The quantitative estimate of drug-likeness (QED) is 0.336. The van der Waals surface area contributed by atoms with Gasteiger partial charge in [-0.15, -0.1) is 0 Å². The molecule has 5 aromatic rings. The maximum Gasteiger partial charge on any atom is 0.287 e. The number of rotatable bonds is 8. The Morgan fingerprint density at radius 3 is 2.63 bits per heavy atom. The largest absolute Gasteiger partial charge is 0.496 e.